The van der Waals surface area contributed by atoms with Gasteiger partial charge in [0, 0.05) is 48.2 Å². The third kappa shape index (κ3) is 2.89. The second-order valence-electron chi connectivity index (χ2n) is 8.19. The molecule has 1 atom stereocenters. The summed E-state index contributed by atoms with van der Waals surface area (Å²) in [4.78, 5) is 38.0. The number of ether oxygens (including phenoxy) is 1. The molecule has 0 fully saturated rings. The number of ketones is 1. The number of esters is 1. The maximum absolute atomic E-state index is 13.5. The van der Waals surface area contributed by atoms with Gasteiger partial charge in [0.05, 0.1) is 29.8 Å². The van der Waals surface area contributed by atoms with Crippen molar-refractivity contribution >= 4 is 22.5 Å². The summed E-state index contributed by atoms with van der Waals surface area (Å²) in [5.41, 5.74) is 2.67. The van der Waals surface area contributed by atoms with Crippen LogP contribution < -0.4 is 5.56 Å². The van der Waals surface area contributed by atoms with Gasteiger partial charge < -0.3 is 13.9 Å². The Morgan fingerprint density at radius 2 is 2.00 bits per heavy atom. The molecule has 0 bridgehead atoms. The number of fused-ring (bicyclic) bond motifs is 4. The number of hydrogen-bond donors (Lipinski definition) is 1. The summed E-state index contributed by atoms with van der Waals surface area (Å²) in [5.74, 6) is -0.498. The SMILES string of the molecule is COC(=O)c1cn2c(c1C(=O)CC1CCCc3c4cn[nH]c(=O)c4cn31)CCCC2. The first kappa shape index (κ1) is 18.8. The van der Waals surface area contributed by atoms with E-state index in [2.05, 4.69) is 14.8 Å². The second-order valence-corrected chi connectivity index (χ2v) is 8.19. The van der Waals surface area contributed by atoms with Gasteiger partial charge in [-0.2, -0.15) is 5.10 Å². The lowest BCUT2D eigenvalue weighted by Gasteiger charge is -2.26. The summed E-state index contributed by atoms with van der Waals surface area (Å²) in [7, 11) is 1.34. The molecule has 2 aliphatic rings. The maximum Gasteiger partial charge on any atom is 0.340 e. The van der Waals surface area contributed by atoms with Crippen LogP contribution in [-0.2, 0) is 24.1 Å². The normalized spacial score (nSPS) is 18.1. The Morgan fingerprint density at radius 1 is 1.17 bits per heavy atom. The monoisotopic (exact) mass is 408 g/mol. The van der Waals surface area contributed by atoms with E-state index in [9.17, 15) is 14.4 Å². The van der Waals surface area contributed by atoms with Crippen molar-refractivity contribution in [1.82, 2.24) is 19.3 Å². The van der Waals surface area contributed by atoms with Crippen LogP contribution in [0.3, 0.4) is 0 Å². The number of methoxy groups -OCH3 is 1. The molecule has 0 saturated heterocycles. The van der Waals surface area contributed by atoms with Gasteiger partial charge in [-0.3, -0.25) is 9.59 Å². The molecule has 156 valence electrons. The average Bonchev–Trinajstić information content (AvgIpc) is 3.33. The molecule has 1 N–H and O–H groups in total. The van der Waals surface area contributed by atoms with Crippen LogP contribution in [0.1, 0.15) is 70.2 Å². The zero-order chi connectivity index (χ0) is 20.8. The van der Waals surface area contributed by atoms with Crippen molar-refractivity contribution in [1.29, 1.82) is 0 Å². The lowest BCUT2D eigenvalue weighted by Crippen LogP contribution is -2.21. The topological polar surface area (TPSA) is 99.0 Å². The molecule has 5 heterocycles. The van der Waals surface area contributed by atoms with Crippen LogP contribution in [0.5, 0.6) is 0 Å². The summed E-state index contributed by atoms with van der Waals surface area (Å²) in [6, 6.07) is -0.0438. The quantitative estimate of drug-likeness (QED) is 0.529. The number of Topliss-reactive ketones (excluding diaryl/α,β-unsaturated/α-hetero) is 1. The molecule has 8 heteroatoms. The van der Waals surface area contributed by atoms with Crippen molar-refractivity contribution in [3.63, 3.8) is 0 Å². The van der Waals surface area contributed by atoms with Crippen LogP contribution in [0.15, 0.2) is 23.4 Å². The van der Waals surface area contributed by atoms with Crippen LogP contribution in [0, 0.1) is 0 Å². The molecule has 30 heavy (non-hydrogen) atoms. The summed E-state index contributed by atoms with van der Waals surface area (Å²) < 4.78 is 9.05. The first-order chi connectivity index (χ1) is 14.6. The number of aryl methyl sites for hydroxylation is 2. The van der Waals surface area contributed by atoms with Gasteiger partial charge in [0.2, 0.25) is 0 Å². The van der Waals surface area contributed by atoms with E-state index in [0.29, 0.717) is 22.9 Å². The van der Waals surface area contributed by atoms with Crippen LogP contribution in [0.25, 0.3) is 10.8 Å². The van der Waals surface area contributed by atoms with Gasteiger partial charge in [0.15, 0.2) is 5.78 Å². The molecule has 0 aliphatic carbocycles. The minimum absolute atomic E-state index is 0.0336. The number of carbonyl (C=O) groups excluding carboxylic acids is 2. The molecule has 1 unspecified atom stereocenters. The number of nitrogens with zero attached hydrogens (tertiary/aromatic N) is 3. The molecule has 0 saturated carbocycles. The highest BCUT2D eigenvalue weighted by Gasteiger charge is 2.31. The maximum atomic E-state index is 13.5. The number of carbonyl (C=O) groups is 2. The predicted octanol–water partition coefficient (Wildman–Crippen LogP) is 2.80. The highest BCUT2D eigenvalue weighted by Crippen LogP contribution is 2.35. The molecule has 5 rings (SSSR count). The van der Waals surface area contributed by atoms with Crippen LogP contribution in [0.2, 0.25) is 0 Å². The van der Waals surface area contributed by atoms with Crippen LogP contribution >= 0.6 is 0 Å². The van der Waals surface area contributed by atoms with Crippen molar-refractivity contribution in [2.24, 2.45) is 0 Å². The molecule has 0 amide bonds. The third-order valence-corrected chi connectivity index (χ3v) is 6.49. The molecular formula is C22H24N4O4. The van der Waals surface area contributed by atoms with Gasteiger partial charge in [-0.25, -0.2) is 9.89 Å². The first-order valence-corrected chi connectivity index (χ1v) is 10.5. The molecule has 0 aromatic carbocycles. The second kappa shape index (κ2) is 7.27. The number of rotatable bonds is 4. The molecular weight excluding hydrogens is 384 g/mol. The average molecular weight is 408 g/mol. The highest BCUT2D eigenvalue weighted by atomic mass is 16.5. The number of hydrogen-bond acceptors (Lipinski definition) is 5. The zero-order valence-corrected chi connectivity index (χ0v) is 16.9. The fourth-order valence-corrected chi connectivity index (χ4v) is 5.09. The van der Waals surface area contributed by atoms with Gasteiger partial charge in [0.1, 0.15) is 0 Å². The molecule has 8 nitrogen and oxygen atoms in total. The fourth-order valence-electron chi connectivity index (χ4n) is 5.09. The van der Waals surface area contributed by atoms with E-state index < -0.39 is 5.97 Å². The Kier molecular flexibility index (Phi) is 4.56. The highest BCUT2D eigenvalue weighted by molar-refractivity contribution is 6.07. The summed E-state index contributed by atoms with van der Waals surface area (Å²) in [5, 5.41) is 7.88. The van der Waals surface area contributed by atoms with Gasteiger partial charge in [-0.15, -0.1) is 0 Å². The van der Waals surface area contributed by atoms with Crippen molar-refractivity contribution in [2.75, 3.05) is 7.11 Å². The standard InChI is InChI=1S/C22H24N4O4/c1-30-22(29)16-11-25-8-3-2-6-18(25)20(16)19(27)9-13-5-4-7-17-14-10-23-24-21(28)15(14)12-26(13)17/h10-13H,2-9H2,1H3,(H,24,28). The Morgan fingerprint density at radius 3 is 2.83 bits per heavy atom. The van der Waals surface area contributed by atoms with Crippen molar-refractivity contribution in [3.8, 4) is 0 Å². The Bertz CT molecular complexity index is 1220. The molecule has 3 aromatic rings. The van der Waals surface area contributed by atoms with E-state index in [4.69, 9.17) is 4.74 Å². The van der Waals surface area contributed by atoms with Crippen molar-refractivity contribution in [3.05, 3.63) is 51.5 Å². The Labute approximate surface area is 172 Å². The number of nitrogens with one attached hydrogen (secondary N) is 1. The van der Waals surface area contributed by atoms with E-state index >= 15 is 0 Å². The van der Waals surface area contributed by atoms with Gasteiger partial charge in [-0.05, 0) is 38.5 Å². The van der Waals surface area contributed by atoms with E-state index in [0.717, 1.165) is 61.8 Å². The Hall–Kier alpha value is -3.16. The summed E-state index contributed by atoms with van der Waals surface area (Å²) in [6.45, 7) is 0.818. The number of aromatic nitrogens is 4. The van der Waals surface area contributed by atoms with E-state index in [1.54, 1.807) is 12.4 Å². The first-order valence-electron chi connectivity index (χ1n) is 10.5. The third-order valence-electron chi connectivity index (χ3n) is 6.49. The number of H-pyrrole nitrogens is 1. The minimum atomic E-state index is -0.464. The summed E-state index contributed by atoms with van der Waals surface area (Å²) >= 11 is 0. The van der Waals surface area contributed by atoms with Crippen LogP contribution in [0.4, 0.5) is 0 Å². The van der Waals surface area contributed by atoms with E-state index in [-0.39, 0.29) is 17.4 Å². The molecule has 2 aliphatic heterocycles. The smallest absolute Gasteiger partial charge is 0.340 e. The van der Waals surface area contributed by atoms with E-state index in [1.807, 2.05) is 10.8 Å². The molecule has 0 radical (unpaired) electrons. The lowest BCUT2D eigenvalue weighted by atomic mass is 9.93. The lowest BCUT2D eigenvalue weighted by molar-refractivity contribution is 0.0596. The number of aromatic amines is 1. The van der Waals surface area contributed by atoms with Gasteiger partial charge >= 0.3 is 5.97 Å². The van der Waals surface area contributed by atoms with E-state index in [1.165, 1.54) is 7.11 Å². The molecule has 0 spiro atoms. The summed E-state index contributed by atoms with van der Waals surface area (Å²) in [6.07, 6.45) is 11.1. The van der Waals surface area contributed by atoms with Gasteiger partial charge in [0.25, 0.3) is 5.56 Å². The minimum Gasteiger partial charge on any atom is -0.465 e. The van der Waals surface area contributed by atoms with Crippen molar-refractivity contribution < 1.29 is 14.3 Å². The van der Waals surface area contributed by atoms with Crippen LogP contribution in [-0.4, -0.2) is 38.2 Å². The largest absolute Gasteiger partial charge is 0.465 e. The zero-order valence-electron chi connectivity index (χ0n) is 16.9. The molecule has 3 aromatic heterocycles. The van der Waals surface area contributed by atoms with Crippen molar-refractivity contribution in [2.45, 2.75) is 57.5 Å². The van der Waals surface area contributed by atoms with Gasteiger partial charge in [-0.1, -0.05) is 0 Å². The Balaban J connectivity index is 1.53. The predicted molar refractivity (Wildman–Crippen MR) is 110 cm³/mol. The fraction of sp³-hybridized carbons (Fsp3) is 0.455.